The average molecular weight is 290 g/mol. The highest BCUT2D eigenvalue weighted by atomic mass is 35.5. The normalized spacial score (nSPS) is 15.3. The maximum Gasteiger partial charge on any atom is 0.303 e. The SMILES string of the molecule is O=C(O)CC1CN(C(=O)c2cc(Cl)nnc2Cl)C1. The van der Waals surface area contributed by atoms with Crippen LogP contribution in [-0.2, 0) is 4.79 Å². The molecule has 96 valence electrons. The number of aliphatic carboxylic acids is 1. The molecule has 18 heavy (non-hydrogen) atoms. The first-order valence-electron chi connectivity index (χ1n) is 5.17. The molecule has 0 aliphatic carbocycles. The Kier molecular flexibility index (Phi) is 3.68. The van der Waals surface area contributed by atoms with Crippen molar-refractivity contribution >= 4 is 35.1 Å². The number of carbonyl (C=O) groups excluding carboxylic acids is 1. The molecule has 0 spiro atoms. The molecule has 2 rings (SSSR count). The number of amides is 1. The molecule has 0 atom stereocenters. The van der Waals surface area contributed by atoms with Gasteiger partial charge in [-0.1, -0.05) is 23.2 Å². The Labute approximate surface area is 113 Å². The number of halogens is 2. The second-order valence-electron chi connectivity index (χ2n) is 4.05. The van der Waals surface area contributed by atoms with Gasteiger partial charge in [-0.2, -0.15) is 0 Å². The highest BCUT2D eigenvalue weighted by Gasteiger charge is 2.33. The largest absolute Gasteiger partial charge is 0.481 e. The monoisotopic (exact) mass is 289 g/mol. The van der Waals surface area contributed by atoms with E-state index in [1.54, 1.807) is 0 Å². The third kappa shape index (κ3) is 2.70. The van der Waals surface area contributed by atoms with Crippen molar-refractivity contribution in [3.63, 3.8) is 0 Å². The minimum atomic E-state index is -0.862. The number of aromatic nitrogens is 2. The van der Waals surface area contributed by atoms with E-state index in [-0.39, 0.29) is 34.1 Å². The number of likely N-dealkylation sites (tertiary alicyclic amines) is 1. The van der Waals surface area contributed by atoms with E-state index in [1.807, 2.05) is 0 Å². The van der Waals surface area contributed by atoms with Crippen molar-refractivity contribution in [2.24, 2.45) is 5.92 Å². The highest BCUT2D eigenvalue weighted by molar-refractivity contribution is 6.34. The Bertz CT molecular complexity index is 503. The van der Waals surface area contributed by atoms with Crippen LogP contribution < -0.4 is 0 Å². The lowest BCUT2D eigenvalue weighted by Crippen LogP contribution is -2.50. The molecule has 1 aromatic rings. The van der Waals surface area contributed by atoms with E-state index < -0.39 is 5.97 Å². The number of nitrogens with zero attached hydrogens (tertiary/aromatic N) is 3. The van der Waals surface area contributed by atoms with Gasteiger partial charge in [0.1, 0.15) is 0 Å². The molecule has 0 bridgehead atoms. The number of carbonyl (C=O) groups is 2. The molecule has 1 fully saturated rings. The van der Waals surface area contributed by atoms with Crippen LogP contribution in [0, 0.1) is 5.92 Å². The van der Waals surface area contributed by atoms with E-state index in [2.05, 4.69) is 10.2 Å². The Hall–Kier alpha value is -1.40. The van der Waals surface area contributed by atoms with Crippen LogP contribution >= 0.6 is 23.2 Å². The molecule has 2 heterocycles. The summed E-state index contributed by atoms with van der Waals surface area (Å²) in [5, 5.41) is 15.8. The number of carboxylic acid groups (broad SMARTS) is 1. The Morgan fingerprint density at radius 1 is 1.39 bits per heavy atom. The molecule has 1 saturated heterocycles. The van der Waals surface area contributed by atoms with Gasteiger partial charge < -0.3 is 10.0 Å². The summed E-state index contributed by atoms with van der Waals surface area (Å²) in [6.45, 7) is 0.808. The van der Waals surface area contributed by atoms with Crippen LogP contribution in [0.5, 0.6) is 0 Å². The zero-order valence-electron chi connectivity index (χ0n) is 9.14. The fraction of sp³-hybridized carbons (Fsp3) is 0.400. The quantitative estimate of drug-likeness (QED) is 0.908. The molecule has 6 nitrogen and oxygen atoms in total. The molecule has 1 aliphatic heterocycles. The summed E-state index contributed by atoms with van der Waals surface area (Å²) in [5.41, 5.74) is 0.186. The van der Waals surface area contributed by atoms with E-state index >= 15 is 0 Å². The topological polar surface area (TPSA) is 83.4 Å². The van der Waals surface area contributed by atoms with Crippen molar-refractivity contribution in [3.8, 4) is 0 Å². The van der Waals surface area contributed by atoms with Gasteiger partial charge in [-0.15, -0.1) is 10.2 Å². The lowest BCUT2D eigenvalue weighted by molar-refractivity contribution is -0.139. The predicted molar refractivity (Wildman–Crippen MR) is 63.7 cm³/mol. The molecule has 8 heteroatoms. The van der Waals surface area contributed by atoms with Gasteiger partial charge in [0.15, 0.2) is 10.3 Å². The maximum atomic E-state index is 12.0. The van der Waals surface area contributed by atoms with Crippen LogP contribution in [0.15, 0.2) is 6.07 Å². The van der Waals surface area contributed by atoms with E-state index in [9.17, 15) is 9.59 Å². The number of hydrogen-bond acceptors (Lipinski definition) is 4. The predicted octanol–water partition coefficient (Wildman–Crippen LogP) is 1.33. The fourth-order valence-electron chi connectivity index (χ4n) is 1.79. The summed E-state index contributed by atoms with van der Waals surface area (Å²) >= 11 is 11.4. The average Bonchev–Trinajstić information content (AvgIpc) is 2.25. The van der Waals surface area contributed by atoms with Crippen molar-refractivity contribution in [2.45, 2.75) is 6.42 Å². The van der Waals surface area contributed by atoms with Crippen molar-refractivity contribution in [2.75, 3.05) is 13.1 Å². The maximum absolute atomic E-state index is 12.0. The molecule has 0 aromatic carbocycles. The van der Waals surface area contributed by atoms with Gasteiger partial charge in [0, 0.05) is 19.0 Å². The number of carboxylic acids is 1. The van der Waals surface area contributed by atoms with Gasteiger partial charge in [0.2, 0.25) is 0 Å². The zero-order valence-corrected chi connectivity index (χ0v) is 10.6. The van der Waals surface area contributed by atoms with E-state index in [0.29, 0.717) is 13.1 Å². The van der Waals surface area contributed by atoms with Gasteiger partial charge in [0.05, 0.1) is 12.0 Å². The van der Waals surface area contributed by atoms with E-state index in [0.717, 1.165) is 0 Å². The van der Waals surface area contributed by atoms with Gasteiger partial charge in [-0.05, 0) is 6.07 Å². The second-order valence-corrected chi connectivity index (χ2v) is 4.79. The van der Waals surface area contributed by atoms with Gasteiger partial charge >= 0.3 is 5.97 Å². The molecule has 1 amide bonds. The Morgan fingerprint density at radius 3 is 2.67 bits per heavy atom. The summed E-state index contributed by atoms with van der Waals surface area (Å²) < 4.78 is 0. The highest BCUT2D eigenvalue weighted by Crippen LogP contribution is 2.24. The lowest BCUT2D eigenvalue weighted by Gasteiger charge is -2.38. The molecule has 0 radical (unpaired) electrons. The molecule has 0 saturated carbocycles. The van der Waals surface area contributed by atoms with E-state index in [4.69, 9.17) is 28.3 Å². The molecular formula is C10H9Cl2N3O3. The molecule has 1 aromatic heterocycles. The summed E-state index contributed by atoms with van der Waals surface area (Å²) in [4.78, 5) is 24.0. The van der Waals surface area contributed by atoms with Gasteiger partial charge in [-0.25, -0.2) is 0 Å². The number of hydrogen-bond donors (Lipinski definition) is 1. The first kappa shape index (κ1) is 13.0. The van der Waals surface area contributed by atoms with Crippen LogP contribution in [0.2, 0.25) is 10.3 Å². The lowest BCUT2D eigenvalue weighted by atomic mass is 9.96. The van der Waals surface area contributed by atoms with Gasteiger partial charge in [0.25, 0.3) is 5.91 Å². The van der Waals surface area contributed by atoms with Gasteiger partial charge in [-0.3, -0.25) is 9.59 Å². The van der Waals surface area contributed by atoms with Crippen LogP contribution in [-0.4, -0.2) is 45.2 Å². The Balaban J connectivity index is 2.01. The van der Waals surface area contributed by atoms with Crippen molar-refractivity contribution in [3.05, 3.63) is 21.9 Å². The van der Waals surface area contributed by atoms with E-state index in [1.165, 1.54) is 11.0 Å². The minimum Gasteiger partial charge on any atom is -0.481 e. The smallest absolute Gasteiger partial charge is 0.303 e. The Morgan fingerprint density at radius 2 is 2.06 bits per heavy atom. The molecule has 0 unspecified atom stereocenters. The minimum absolute atomic E-state index is 0.00417. The molecule has 1 N–H and O–H groups in total. The first-order chi connectivity index (χ1) is 8.47. The summed E-state index contributed by atoms with van der Waals surface area (Å²) in [6, 6.07) is 1.35. The van der Waals surface area contributed by atoms with Crippen molar-refractivity contribution in [1.82, 2.24) is 15.1 Å². The second kappa shape index (κ2) is 5.07. The fourth-order valence-corrected chi connectivity index (χ4v) is 2.11. The van der Waals surface area contributed by atoms with Crippen molar-refractivity contribution in [1.29, 1.82) is 0 Å². The van der Waals surface area contributed by atoms with Crippen LogP contribution in [0.25, 0.3) is 0 Å². The summed E-state index contributed by atoms with van der Waals surface area (Å²) in [7, 11) is 0. The summed E-state index contributed by atoms with van der Waals surface area (Å²) in [5.74, 6) is -1.17. The van der Waals surface area contributed by atoms with Crippen LogP contribution in [0.4, 0.5) is 0 Å². The summed E-state index contributed by atoms with van der Waals surface area (Å²) in [6.07, 6.45) is 0.0624. The third-order valence-electron chi connectivity index (χ3n) is 2.66. The molecular weight excluding hydrogens is 281 g/mol. The van der Waals surface area contributed by atoms with Crippen LogP contribution in [0.1, 0.15) is 16.8 Å². The number of rotatable bonds is 3. The molecule has 1 aliphatic rings. The first-order valence-corrected chi connectivity index (χ1v) is 5.92. The third-order valence-corrected chi connectivity index (χ3v) is 3.12. The van der Waals surface area contributed by atoms with Crippen molar-refractivity contribution < 1.29 is 14.7 Å². The van der Waals surface area contributed by atoms with Crippen LogP contribution in [0.3, 0.4) is 0 Å². The standard InChI is InChI=1S/C10H9Cl2N3O3/c11-7-2-6(9(12)14-13-7)10(18)15-3-5(4-15)1-8(16)17/h2,5H,1,3-4H2,(H,16,17). The zero-order chi connectivity index (χ0) is 13.3.